The van der Waals surface area contributed by atoms with Gasteiger partial charge in [-0.3, -0.25) is 9.98 Å². The van der Waals surface area contributed by atoms with E-state index >= 15 is 0 Å². The maximum Gasteiger partial charge on any atom is 0.191 e. The van der Waals surface area contributed by atoms with Crippen LogP contribution in [0.1, 0.15) is 23.1 Å². The third-order valence-corrected chi connectivity index (χ3v) is 5.55. The molecule has 1 aromatic heterocycles. The van der Waals surface area contributed by atoms with Gasteiger partial charge in [-0.1, -0.05) is 36.4 Å². The van der Waals surface area contributed by atoms with Gasteiger partial charge in [-0.05, 0) is 36.6 Å². The van der Waals surface area contributed by atoms with Gasteiger partial charge in [0.2, 0.25) is 0 Å². The number of guanidine groups is 1. The van der Waals surface area contributed by atoms with Gasteiger partial charge in [0, 0.05) is 49.8 Å². The minimum absolute atomic E-state index is 0. The highest BCUT2D eigenvalue weighted by Crippen LogP contribution is 2.23. The van der Waals surface area contributed by atoms with Gasteiger partial charge in [-0.2, -0.15) is 0 Å². The van der Waals surface area contributed by atoms with Crippen LogP contribution in [0.4, 0.5) is 0 Å². The molecule has 0 spiro atoms. The summed E-state index contributed by atoms with van der Waals surface area (Å²) in [5.41, 5.74) is 4.45. The third kappa shape index (κ3) is 6.32. The number of aliphatic imine (C=N–C) groups is 1. The van der Waals surface area contributed by atoms with Gasteiger partial charge in [0.15, 0.2) is 5.96 Å². The monoisotopic (exact) mass is 546 g/mol. The number of aryl methyl sites for hydroxylation is 1. The molecule has 1 aliphatic rings. The fourth-order valence-corrected chi connectivity index (χ4v) is 3.75. The molecule has 1 fully saturated rings. The number of para-hydroxylation sites is 1. The summed E-state index contributed by atoms with van der Waals surface area (Å²) in [6.45, 7) is 5.68. The van der Waals surface area contributed by atoms with Gasteiger partial charge >= 0.3 is 0 Å². The average molecular weight is 546 g/mol. The zero-order chi connectivity index (χ0) is 21.5. The predicted octanol–water partition coefficient (Wildman–Crippen LogP) is 4.44. The number of halogens is 1. The molecule has 2 aromatic carbocycles. The van der Waals surface area contributed by atoms with E-state index in [4.69, 9.17) is 9.47 Å². The number of hydrogen-bond donors (Lipinski definition) is 2. The van der Waals surface area contributed by atoms with E-state index in [0.29, 0.717) is 25.6 Å². The smallest absolute Gasteiger partial charge is 0.191 e. The summed E-state index contributed by atoms with van der Waals surface area (Å²) in [6, 6.07) is 16.6. The number of hydrogen-bond acceptors (Lipinski definition) is 4. The van der Waals surface area contributed by atoms with Crippen molar-refractivity contribution in [1.82, 2.24) is 15.6 Å². The first-order valence-electron chi connectivity index (χ1n) is 10.8. The number of benzene rings is 2. The van der Waals surface area contributed by atoms with E-state index in [1.807, 2.05) is 12.3 Å². The molecule has 1 saturated heterocycles. The quantitative estimate of drug-likeness (QED) is 0.261. The van der Waals surface area contributed by atoms with Crippen LogP contribution in [0, 0.1) is 12.8 Å². The van der Waals surface area contributed by atoms with Crippen molar-refractivity contribution in [3.8, 4) is 5.75 Å². The lowest BCUT2D eigenvalue weighted by Crippen LogP contribution is -2.36. The van der Waals surface area contributed by atoms with E-state index in [-0.39, 0.29) is 24.0 Å². The summed E-state index contributed by atoms with van der Waals surface area (Å²) in [6.07, 6.45) is 2.90. The van der Waals surface area contributed by atoms with Crippen molar-refractivity contribution >= 4 is 40.8 Å². The molecule has 0 saturated carbocycles. The first-order chi connectivity index (χ1) is 15.2. The van der Waals surface area contributed by atoms with Crippen LogP contribution in [-0.4, -0.2) is 37.8 Å². The zero-order valence-electron chi connectivity index (χ0n) is 18.6. The van der Waals surface area contributed by atoms with Crippen LogP contribution in [0.25, 0.3) is 10.9 Å². The minimum atomic E-state index is 0. The predicted molar refractivity (Wildman–Crippen MR) is 140 cm³/mol. The van der Waals surface area contributed by atoms with Gasteiger partial charge in [0.05, 0.1) is 18.7 Å². The van der Waals surface area contributed by atoms with Crippen molar-refractivity contribution in [3.63, 3.8) is 0 Å². The number of ether oxygens (including phenoxy) is 2. The summed E-state index contributed by atoms with van der Waals surface area (Å²) in [5.74, 6) is 2.14. The Morgan fingerprint density at radius 3 is 2.72 bits per heavy atom. The standard InChI is InChI=1S/C25H30N4O2.HI/c1-18-8-9-21(23(13-18)31-17-19-10-12-30-16-19)14-28-25(26-2)29-15-22-6-3-5-20-7-4-11-27-24(20)22;/h3-9,11,13,19H,10,12,14-17H2,1-2H3,(H2,26,28,29);1H. The molecule has 170 valence electrons. The van der Waals surface area contributed by atoms with E-state index in [1.54, 1.807) is 7.05 Å². The Balaban J connectivity index is 0.00000289. The number of rotatable bonds is 7. The first-order valence-corrected chi connectivity index (χ1v) is 10.8. The number of nitrogens with zero attached hydrogens (tertiary/aromatic N) is 2. The summed E-state index contributed by atoms with van der Waals surface area (Å²) in [7, 11) is 1.78. The molecule has 0 aliphatic carbocycles. The molecule has 32 heavy (non-hydrogen) atoms. The van der Waals surface area contributed by atoms with Gasteiger partial charge in [0.1, 0.15) is 5.75 Å². The Morgan fingerprint density at radius 1 is 1.12 bits per heavy atom. The maximum absolute atomic E-state index is 6.16. The highest BCUT2D eigenvalue weighted by Gasteiger charge is 2.17. The SMILES string of the molecule is CN=C(NCc1ccc(C)cc1OCC1CCOC1)NCc1cccc2cccnc12.I. The lowest BCUT2D eigenvalue weighted by molar-refractivity contribution is 0.166. The van der Waals surface area contributed by atoms with Crippen molar-refractivity contribution in [1.29, 1.82) is 0 Å². The van der Waals surface area contributed by atoms with Gasteiger partial charge in [-0.15, -0.1) is 24.0 Å². The lowest BCUT2D eigenvalue weighted by atomic mass is 10.1. The molecule has 4 rings (SSSR count). The topological polar surface area (TPSA) is 67.8 Å². The van der Waals surface area contributed by atoms with Crippen molar-refractivity contribution in [3.05, 3.63) is 71.4 Å². The summed E-state index contributed by atoms with van der Waals surface area (Å²) >= 11 is 0. The molecule has 2 heterocycles. The van der Waals surface area contributed by atoms with Gasteiger partial charge in [0.25, 0.3) is 0 Å². The molecule has 0 amide bonds. The van der Waals surface area contributed by atoms with Crippen molar-refractivity contribution < 1.29 is 9.47 Å². The molecule has 0 radical (unpaired) electrons. The second-order valence-corrected chi connectivity index (χ2v) is 7.92. The Labute approximate surface area is 206 Å². The van der Waals surface area contributed by atoms with Crippen LogP contribution < -0.4 is 15.4 Å². The van der Waals surface area contributed by atoms with Gasteiger partial charge < -0.3 is 20.1 Å². The van der Waals surface area contributed by atoms with Crippen LogP contribution in [-0.2, 0) is 17.8 Å². The fourth-order valence-electron chi connectivity index (χ4n) is 3.75. The molecule has 1 atom stereocenters. The third-order valence-electron chi connectivity index (χ3n) is 5.55. The zero-order valence-corrected chi connectivity index (χ0v) is 21.0. The Hall–Kier alpha value is -2.39. The van der Waals surface area contributed by atoms with Crippen LogP contribution in [0.3, 0.4) is 0 Å². The number of aromatic nitrogens is 1. The van der Waals surface area contributed by atoms with Crippen LogP contribution in [0.2, 0.25) is 0 Å². The Morgan fingerprint density at radius 2 is 1.94 bits per heavy atom. The average Bonchev–Trinajstić information content (AvgIpc) is 3.32. The molecule has 6 nitrogen and oxygen atoms in total. The van der Waals surface area contributed by atoms with Crippen LogP contribution in [0.5, 0.6) is 5.75 Å². The number of fused-ring (bicyclic) bond motifs is 1. The molecule has 1 aliphatic heterocycles. The first kappa shape index (κ1) is 24.3. The Bertz CT molecular complexity index is 1050. The lowest BCUT2D eigenvalue weighted by Gasteiger charge is -2.17. The molecule has 0 bridgehead atoms. The molecular formula is C25H31IN4O2. The minimum Gasteiger partial charge on any atom is -0.493 e. The van der Waals surface area contributed by atoms with E-state index < -0.39 is 0 Å². The molecular weight excluding hydrogens is 515 g/mol. The highest BCUT2D eigenvalue weighted by atomic mass is 127. The number of nitrogens with one attached hydrogen (secondary N) is 2. The van der Waals surface area contributed by atoms with Crippen molar-refractivity contribution in [2.45, 2.75) is 26.4 Å². The largest absolute Gasteiger partial charge is 0.493 e. The molecule has 3 aromatic rings. The molecule has 7 heteroatoms. The van der Waals surface area contributed by atoms with Crippen LogP contribution in [0.15, 0.2) is 59.7 Å². The second-order valence-electron chi connectivity index (χ2n) is 7.92. The van der Waals surface area contributed by atoms with E-state index in [9.17, 15) is 0 Å². The second kappa shape index (κ2) is 12.0. The van der Waals surface area contributed by atoms with E-state index in [0.717, 1.165) is 53.4 Å². The van der Waals surface area contributed by atoms with Crippen molar-refractivity contribution in [2.24, 2.45) is 10.9 Å². The highest BCUT2D eigenvalue weighted by molar-refractivity contribution is 14.0. The van der Waals surface area contributed by atoms with E-state index in [1.165, 1.54) is 5.56 Å². The summed E-state index contributed by atoms with van der Waals surface area (Å²) in [4.78, 5) is 8.90. The molecule has 2 N–H and O–H groups in total. The number of pyridine rings is 1. The fraction of sp³-hybridized carbons (Fsp3) is 0.360. The Kier molecular flexibility index (Phi) is 9.11. The van der Waals surface area contributed by atoms with Gasteiger partial charge in [-0.25, -0.2) is 0 Å². The maximum atomic E-state index is 6.16. The normalized spacial score (nSPS) is 15.9. The summed E-state index contributed by atoms with van der Waals surface area (Å²) < 4.78 is 11.6. The van der Waals surface area contributed by atoms with E-state index in [2.05, 4.69) is 70.0 Å². The molecule has 1 unspecified atom stereocenters. The van der Waals surface area contributed by atoms with Crippen LogP contribution >= 0.6 is 24.0 Å². The van der Waals surface area contributed by atoms with Crippen molar-refractivity contribution in [2.75, 3.05) is 26.9 Å². The summed E-state index contributed by atoms with van der Waals surface area (Å²) in [5, 5.41) is 7.94.